The van der Waals surface area contributed by atoms with Crippen molar-refractivity contribution in [1.82, 2.24) is 4.90 Å². The molecule has 0 saturated carbocycles. The molecule has 0 aromatic heterocycles. The summed E-state index contributed by atoms with van der Waals surface area (Å²) in [5.74, 6) is 0.522. The van der Waals surface area contributed by atoms with Gasteiger partial charge in [-0.1, -0.05) is 42.5 Å². The van der Waals surface area contributed by atoms with E-state index in [1.165, 1.54) is 0 Å². The summed E-state index contributed by atoms with van der Waals surface area (Å²) in [5, 5.41) is 0.459. The molecule has 2 aliphatic heterocycles. The van der Waals surface area contributed by atoms with E-state index in [0.29, 0.717) is 16.5 Å². The molecule has 1 aromatic rings. The van der Waals surface area contributed by atoms with Crippen LogP contribution in [0.25, 0.3) is 6.08 Å². The SMILES string of the molecule is C=C(Cl)\C=C/C=N\C=C\c1ccc(C(=O)N2CCCC(C3OCCC3=S)CC2)cc1. The van der Waals surface area contributed by atoms with Crippen LogP contribution in [0.3, 0.4) is 0 Å². The molecule has 4 nitrogen and oxygen atoms in total. The van der Waals surface area contributed by atoms with Crippen LogP contribution in [0.2, 0.25) is 0 Å². The second-order valence-electron chi connectivity index (χ2n) is 7.53. The molecular formula is C24H27ClN2O2S. The quantitative estimate of drug-likeness (QED) is 0.334. The molecule has 2 saturated heterocycles. The molecule has 30 heavy (non-hydrogen) atoms. The predicted octanol–water partition coefficient (Wildman–Crippen LogP) is 5.44. The number of ether oxygens (including phenoxy) is 1. The number of allylic oxidation sites excluding steroid dienone is 3. The van der Waals surface area contributed by atoms with Crippen molar-refractivity contribution >= 4 is 46.9 Å². The normalized spacial score (nSPS) is 23.0. The van der Waals surface area contributed by atoms with Gasteiger partial charge in [0.1, 0.15) is 0 Å². The smallest absolute Gasteiger partial charge is 0.253 e. The maximum atomic E-state index is 12.9. The first-order valence-electron chi connectivity index (χ1n) is 10.3. The van der Waals surface area contributed by atoms with Crippen LogP contribution in [0, 0.1) is 5.92 Å². The lowest BCUT2D eigenvalue weighted by atomic mass is 9.92. The number of nitrogens with zero attached hydrogens (tertiary/aromatic N) is 2. The zero-order chi connectivity index (χ0) is 21.3. The second kappa shape index (κ2) is 11.3. The van der Waals surface area contributed by atoms with Crippen LogP contribution in [0.4, 0.5) is 0 Å². The van der Waals surface area contributed by atoms with Gasteiger partial charge in [0.15, 0.2) is 0 Å². The summed E-state index contributed by atoms with van der Waals surface area (Å²) in [6.45, 7) is 5.85. The van der Waals surface area contributed by atoms with Crippen LogP contribution in [-0.4, -0.2) is 47.7 Å². The van der Waals surface area contributed by atoms with E-state index in [1.54, 1.807) is 24.6 Å². The molecule has 2 heterocycles. The molecule has 2 atom stereocenters. The van der Waals surface area contributed by atoms with E-state index >= 15 is 0 Å². The molecule has 1 aromatic carbocycles. The predicted molar refractivity (Wildman–Crippen MR) is 128 cm³/mol. The van der Waals surface area contributed by atoms with E-state index in [9.17, 15) is 4.79 Å². The number of amides is 1. The molecule has 158 valence electrons. The summed E-state index contributed by atoms with van der Waals surface area (Å²) in [4.78, 5) is 20.1. The standard InChI is InChI=1S/C24H27ClN2O2S/c1-18(25)4-2-13-26-14-10-19-6-8-21(9-7-19)24(28)27-15-3-5-20(11-16-27)23-22(30)12-17-29-23/h2,4,6-10,13-14,20,23H,1,3,5,11-12,15-17H2/b4-2-,14-10+,26-13-. The molecule has 0 aliphatic carbocycles. The average Bonchev–Trinajstić information content (AvgIpc) is 3.02. The highest BCUT2D eigenvalue weighted by Crippen LogP contribution is 2.28. The van der Waals surface area contributed by atoms with Crippen LogP contribution in [0.1, 0.15) is 41.6 Å². The van der Waals surface area contributed by atoms with Gasteiger partial charge in [-0.3, -0.25) is 9.79 Å². The summed E-state index contributed by atoms with van der Waals surface area (Å²) >= 11 is 11.1. The number of benzene rings is 1. The fourth-order valence-corrected chi connectivity index (χ4v) is 4.26. The van der Waals surface area contributed by atoms with E-state index in [0.717, 1.165) is 55.8 Å². The van der Waals surface area contributed by atoms with Crippen molar-refractivity contribution in [1.29, 1.82) is 0 Å². The van der Waals surface area contributed by atoms with E-state index in [-0.39, 0.29) is 12.0 Å². The lowest BCUT2D eigenvalue weighted by Gasteiger charge is -2.23. The van der Waals surface area contributed by atoms with Crippen LogP contribution in [0.15, 0.2) is 59.2 Å². The molecule has 6 heteroatoms. The first-order valence-corrected chi connectivity index (χ1v) is 11.1. The van der Waals surface area contributed by atoms with Gasteiger partial charge < -0.3 is 9.64 Å². The molecule has 0 spiro atoms. The van der Waals surface area contributed by atoms with Crippen molar-refractivity contribution in [2.24, 2.45) is 10.9 Å². The van der Waals surface area contributed by atoms with Crippen LogP contribution in [-0.2, 0) is 4.74 Å². The maximum absolute atomic E-state index is 12.9. The molecule has 3 rings (SSSR count). The third kappa shape index (κ3) is 6.46. The van der Waals surface area contributed by atoms with Gasteiger partial charge in [0.05, 0.1) is 12.7 Å². The number of thiocarbonyl (C=S) groups is 1. The van der Waals surface area contributed by atoms with Gasteiger partial charge in [-0.25, -0.2) is 0 Å². The van der Waals surface area contributed by atoms with Crippen LogP contribution >= 0.6 is 23.8 Å². The van der Waals surface area contributed by atoms with Crippen molar-refractivity contribution in [2.45, 2.75) is 31.8 Å². The third-order valence-electron chi connectivity index (χ3n) is 5.41. The average molecular weight is 443 g/mol. The first kappa shape index (κ1) is 22.6. The van der Waals surface area contributed by atoms with Crippen molar-refractivity contribution in [3.8, 4) is 0 Å². The van der Waals surface area contributed by atoms with E-state index in [2.05, 4.69) is 11.6 Å². The molecule has 2 fully saturated rings. The first-order chi connectivity index (χ1) is 14.5. The Labute approximate surface area is 189 Å². The minimum atomic E-state index is 0.0885. The minimum Gasteiger partial charge on any atom is -0.372 e. The number of halogens is 1. The summed E-state index contributed by atoms with van der Waals surface area (Å²) in [6.07, 6.45) is 12.6. The van der Waals surface area contributed by atoms with E-state index in [1.807, 2.05) is 35.2 Å². The van der Waals surface area contributed by atoms with Crippen molar-refractivity contribution in [2.75, 3.05) is 19.7 Å². The van der Waals surface area contributed by atoms with Crippen LogP contribution in [0.5, 0.6) is 0 Å². The molecule has 2 aliphatic rings. The summed E-state index contributed by atoms with van der Waals surface area (Å²) in [7, 11) is 0. The number of carbonyl (C=O) groups is 1. The minimum absolute atomic E-state index is 0.0885. The highest BCUT2D eigenvalue weighted by molar-refractivity contribution is 7.80. The Morgan fingerprint density at radius 3 is 2.77 bits per heavy atom. The van der Waals surface area contributed by atoms with E-state index < -0.39 is 0 Å². The highest BCUT2D eigenvalue weighted by atomic mass is 35.5. The Balaban J connectivity index is 1.54. The maximum Gasteiger partial charge on any atom is 0.253 e. The molecule has 0 bridgehead atoms. The highest BCUT2D eigenvalue weighted by Gasteiger charge is 2.32. The molecule has 0 N–H and O–H groups in total. The number of likely N-dealkylation sites (tertiary alicyclic amines) is 1. The Morgan fingerprint density at radius 1 is 1.27 bits per heavy atom. The zero-order valence-corrected chi connectivity index (χ0v) is 18.6. The number of hydrogen-bond acceptors (Lipinski definition) is 4. The third-order valence-corrected chi connectivity index (χ3v) is 5.97. The largest absolute Gasteiger partial charge is 0.372 e. The van der Waals surface area contributed by atoms with E-state index in [4.69, 9.17) is 28.6 Å². The van der Waals surface area contributed by atoms with Crippen molar-refractivity contribution in [3.05, 3.63) is 65.4 Å². The molecule has 0 radical (unpaired) electrons. The number of carbonyl (C=O) groups excluding carboxylic acids is 1. The topological polar surface area (TPSA) is 41.9 Å². The molecule has 1 amide bonds. The van der Waals surface area contributed by atoms with Gasteiger partial charge >= 0.3 is 0 Å². The summed E-state index contributed by atoms with van der Waals surface area (Å²) in [5.41, 5.74) is 1.70. The molecule has 2 unspecified atom stereocenters. The van der Waals surface area contributed by atoms with Gasteiger partial charge in [-0.2, -0.15) is 0 Å². The Kier molecular flexibility index (Phi) is 8.55. The monoisotopic (exact) mass is 442 g/mol. The second-order valence-corrected chi connectivity index (χ2v) is 8.54. The van der Waals surface area contributed by atoms with Gasteiger partial charge in [0, 0.05) is 47.4 Å². The lowest BCUT2D eigenvalue weighted by molar-refractivity contribution is 0.0726. The number of hydrogen-bond donors (Lipinski definition) is 0. The Morgan fingerprint density at radius 2 is 2.07 bits per heavy atom. The van der Waals surface area contributed by atoms with Crippen molar-refractivity contribution < 1.29 is 9.53 Å². The number of aliphatic imine (C=N–C) groups is 1. The zero-order valence-electron chi connectivity index (χ0n) is 17.0. The van der Waals surface area contributed by atoms with Gasteiger partial charge in [-0.05, 0) is 61.1 Å². The fraction of sp³-hybridized carbons (Fsp3) is 0.375. The Bertz CT molecular complexity index is 860. The number of rotatable bonds is 6. The van der Waals surface area contributed by atoms with Crippen LogP contribution < -0.4 is 0 Å². The fourth-order valence-electron chi connectivity index (χ4n) is 3.84. The van der Waals surface area contributed by atoms with Gasteiger partial charge in [0.25, 0.3) is 5.91 Å². The Hall–Kier alpha value is -2.08. The summed E-state index contributed by atoms with van der Waals surface area (Å²) in [6, 6.07) is 7.61. The van der Waals surface area contributed by atoms with Gasteiger partial charge in [-0.15, -0.1) is 0 Å². The molecular weight excluding hydrogens is 416 g/mol. The lowest BCUT2D eigenvalue weighted by Crippen LogP contribution is -2.33. The van der Waals surface area contributed by atoms with Gasteiger partial charge in [0.2, 0.25) is 0 Å². The van der Waals surface area contributed by atoms with Crippen molar-refractivity contribution in [3.63, 3.8) is 0 Å². The summed E-state index contributed by atoms with van der Waals surface area (Å²) < 4.78 is 5.84.